The van der Waals surface area contributed by atoms with Crippen LogP contribution in [0.3, 0.4) is 0 Å². The predicted octanol–water partition coefficient (Wildman–Crippen LogP) is 1.28. The summed E-state index contributed by atoms with van der Waals surface area (Å²) in [5.41, 5.74) is 6.03. The zero-order chi connectivity index (χ0) is 14.6. The summed E-state index contributed by atoms with van der Waals surface area (Å²) in [6, 6.07) is 3.62. The normalized spacial score (nSPS) is 13.8. The topological polar surface area (TPSA) is 127 Å². The molecule has 0 aliphatic heterocycles. The van der Waals surface area contributed by atoms with Crippen molar-refractivity contribution in [3.8, 4) is 5.75 Å². The molecule has 1 aromatic rings. The molecule has 1 rings (SSSR count). The van der Waals surface area contributed by atoms with Gasteiger partial charge in [-0.25, -0.2) is 0 Å². The molecular formula is C12H16N2O5. The Bertz CT molecular complexity index is 489. The number of rotatable bonds is 6. The number of nitrogens with zero attached hydrogens (tertiary/aromatic N) is 1. The molecule has 0 bridgehead atoms. The molecule has 7 nitrogen and oxygen atoms in total. The van der Waals surface area contributed by atoms with E-state index in [-0.39, 0.29) is 12.1 Å². The van der Waals surface area contributed by atoms with Crippen LogP contribution >= 0.6 is 0 Å². The lowest BCUT2D eigenvalue weighted by atomic mass is 9.96. The van der Waals surface area contributed by atoms with Crippen molar-refractivity contribution in [1.29, 1.82) is 0 Å². The molecule has 0 heterocycles. The second-order valence-electron chi connectivity index (χ2n) is 4.52. The second-order valence-corrected chi connectivity index (χ2v) is 4.52. The standard InChI is InChI=1S/C12H16N2O5/c1-7(12(16)17)4-9(13)5-8-2-3-11(15)10(6-8)14(18)19/h2-3,6-7,9,15H,4-5,13H2,1H3,(H,16,17)/t7-,9+/m0/s1. The van der Waals surface area contributed by atoms with Crippen molar-refractivity contribution in [3.63, 3.8) is 0 Å². The van der Waals surface area contributed by atoms with Gasteiger partial charge in [-0.3, -0.25) is 14.9 Å². The number of nitrogens with two attached hydrogens (primary N) is 1. The number of aliphatic carboxylic acids is 1. The molecule has 1 aromatic carbocycles. The van der Waals surface area contributed by atoms with E-state index in [0.717, 1.165) is 0 Å². The highest BCUT2D eigenvalue weighted by molar-refractivity contribution is 5.69. The van der Waals surface area contributed by atoms with Crippen molar-refractivity contribution in [2.24, 2.45) is 11.7 Å². The van der Waals surface area contributed by atoms with Gasteiger partial charge in [0.1, 0.15) is 0 Å². The lowest BCUT2D eigenvalue weighted by molar-refractivity contribution is -0.385. The number of nitro benzene ring substituents is 1. The Balaban J connectivity index is 2.74. The highest BCUT2D eigenvalue weighted by Gasteiger charge is 2.18. The molecule has 2 atom stereocenters. The number of aromatic hydroxyl groups is 1. The molecule has 0 radical (unpaired) electrons. The Labute approximate surface area is 109 Å². The van der Waals surface area contributed by atoms with E-state index >= 15 is 0 Å². The van der Waals surface area contributed by atoms with Crippen molar-refractivity contribution in [2.45, 2.75) is 25.8 Å². The van der Waals surface area contributed by atoms with Crippen LogP contribution in [-0.4, -0.2) is 27.1 Å². The fourth-order valence-electron chi connectivity index (χ4n) is 1.78. The molecule has 0 amide bonds. The molecule has 0 aliphatic rings. The maximum Gasteiger partial charge on any atom is 0.310 e. The molecule has 0 aliphatic carbocycles. The van der Waals surface area contributed by atoms with E-state index in [9.17, 15) is 20.0 Å². The number of carboxylic acids is 1. The van der Waals surface area contributed by atoms with E-state index in [4.69, 9.17) is 10.8 Å². The summed E-state index contributed by atoms with van der Waals surface area (Å²) in [6.45, 7) is 1.56. The highest BCUT2D eigenvalue weighted by Crippen LogP contribution is 2.27. The van der Waals surface area contributed by atoms with Crippen LogP contribution < -0.4 is 5.73 Å². The van der Waals surface area contributed by atoms with Gasteiger partial charge in [0.15, 0.2) is 5.75 Å². The number of nitro groups is 1. The maximum absolute atomic E-state index is 10.7. The fraction of sp³-hybridized carbons (Fsp3) is 0.417. The molecular weight excluding hydrogens is 252 g/mol. The van der Waals surface area contributed by atoms with Crippen LogP contribution in [0.1, 0.15) is 18.9 Å². The van der Waals surface area contributed by atoms with Gasteiger partial charge in [-0.15, -0.1) is 0 Å². The van der Waals surface area contributed by atoms with Gasteiger partial charge in [0.05, 0.1) is 10.8 Å². The smallest absolute Gasteiger partial charge is 0.310 e. The second kappa shape index (κ2) is 6.14. The van der Waals surface area contributed by atoms with Crippen LogP contribution in [0.5, 0.6) is 5.75 Å². The minimum Gasteiger partial charge on any atom is -0.502 e. The van der Waals surface area contributed by atoms with Gasteiger partial charge in [0.2, 0.25) is 0 Å². The minimum atomic E-state index is -0.924. The number of benzene rings is 1. The first kappa shape index (κ1) is 14.9. The van der Waals surface area contributed by atoms with Crippen molar-refractivity contribution >= 4 is 11.7 Å². The molecule has 0 unspecified atom stereocenters. The van der Waals surface area contributed by atoms with Gasteiger partial charge in [-0.2, -0.15) is 0 Å². The predicted molar refractivity (Wildman–Crippen MR) is 67.9 cm³/mol. The van der Waals surface area contributed by atoms with Crippen LogP contribution in [-0.2, 0) is 11.2 Å². The maximum atomic E-state index is 10.7. The van der Waals surface area contributed by atoms with Crippen molar-refractivity contribution in [3.05, 3.63) is 33.9 Å². The first-order chi connectivity index (χ1) is 8.81. The Morgan fingerprint density at radius 3 is 2.68 bits per heavy atom. The third kappa shape index (κ3) is 4.22. The van der Waals surface area contributed by atoms with Crippen molar-refractivity contribution < 1.29 is 19.9 Å². The Hall–Kier alpha value is -2.15. The lowest BCUT2D eigenvalue weighted by Crippen LogP contribution is -2.28. The minimum absolute atomic E-state index is 0.282. The Kier molecular flexibility index (Phi) is 4.82. The van der Waals surface area contributed by atoms with Crippen LogP contribution in [0.2, 0.25) is 0 Å². The van der Waals surface area contributed by atoms with Crippen molar-refractivity contribution in [1.82, 2.24) is 0 Å². The average molecular weight is 268 g/mol. The van der Waals surface area contributed by atoms with E-state index in [0.29, 0.717) is 12.0 Å². The number of phenols is 1. The summed E-state index contributed by atoms with van der Waals surface area (Å²) >= 11 is 0. The Morgan fingerprint density at radius 2 is 2.16 bits per heavy atom. The number of carboxylic acid groups (broad SMARTS) is 1. The number of hydrogen-bond donors (Lipinski definition) is 3. The molecule has 0 fully saturated rings. The number of carbonyl (C=O) groups is 1. The SMILES string of the molecule is C[C@@H](C[C@@H](N)Cc1ccc(O)c([N+](=O)[O-])c1)C(=O)O. The van der Waals surface area contributed by atoms with Gasteiger partial charge in [0.25, 0.3) is 0 Å². The molecule has 0 saturated carbocycles. The monoisotopic (exact) mass is 268 g/mol. The number of hydrogen-bond acceptors (Lipinski definition) is 5. The van der Waals surface area contributed by atoms with Gasteiger partial charge in [0, 0.05) is 12.1 Å². The largest absolute Gasteiger partial charge is 0.502 e. The lowest BCUT2D eigenvalue weighted by Gasteiger charge is -2.14. The van der Waals surface area contributed by atoms with Crippen LogP contribution in [0.25, 0.3) is 0 Å². The summed E-state index contributed by atoms with van der Waals surface area (Å²) in [7, 11) is 0. The van der Waals surface area contributed by atoms with Gasteiger partial charge in [-0.05, 0) is 24.5 Å². The molecule has 104 valence electrons. The van der Waals surface area contributed by atoms with Crippen LogP contribution in [0.15, 0.2) is 18.2 Å². The van der Waals surface area contributed by atoms with Gasteiger partial charge >= 0.3 is 11.7 Å². The molecule has 4 N–H and O–H groups in total. The average Bonchev–Trinajstić information content (AvgIpc) is 2.30. The first-order valence-electron chi connectivity index (χ1n) is 5.76. The Morgan fingerprint density at radius 1 is 1.53 bits per heavy atom. The van der Waals surface area contributed by atoms with E-state index in [1.807, 2.05) is 0 Å². The summed E-state index contributed by atoms with van der Waals surface area (Å²) in [6.07, 6.45) is 0.600. The van der Waals surface area contributed by atoms with Crippen LogP contribution in [0, 0.1) is 16.0 Å². The summed E-state index contributed by atoms with van der Waals surface area (Å²) in [5, 5.41) is 28.7. The third-order valence-electron chi connectivity index (χ3n) is 2.81. The third-order valence-corrected chi connectivity index (χ3v) is 2.81. The fourth-order valence-corrected chi connectivity index (χ4v) is 1.78. The summed E-state index contributed by atoms with van der Waals surface area (Å²) < 4.78 is 0. The molecule has 0 saturated heterocycles. The van der Waals surface area contributed by atoms with Crippen LogP contribution in [0.4, 0.5) is 5.69 Å². The molecule has 7 heteroatoms. The molecule has 0 spiro atoms. The molecule has 0 aromatic heterocycles. The van der Waals surface area contributed by atoms with E-state index < -0.39 is 28.6 Å². The van der Waals surface area contributed by atoms with E-state index in [1.54, 1.807) is 6.92 Å². The highest BCUT2D eigenvalue weighted by atomic mass is 16.6. The van der Waals surface area contributed by atoms with Gasteiger partial charge < -0.3 is 15.9 Å². The number of phenolic OH excluding ortho intramolecular Hbond substituents is 1. The summed E-state index contributed by atoms with van der Waals surface area (Å²) in [5.74, 6) is -1.89. The first-order valence-corrected chi connectivity index (χ1v) is 5.76. The van der Waals surface area contributed by atoms with E-state index in [1.165, 1.54) is 18.2 Å². The van der Waals surface area contributed by atoms with Gasteiger partial charge in [-0.1, -0.05) is 13.0 Å². The zero-order valence-corrected chi connectivity index (χ0v) is 10.4. The quantitative estimate of drug-likeness (QED) is 0.527. The van der Waals surface area contributed by atoms with Crippen molar-refractivity contribution in [2.75, 3.05) is 0 Å². The summed E-state index contributed by atoms with van der Waals surface area (Å²) in [4.78, 5) is 20.7. The molecule has 19 heavy (non-hydrogen) atoms. The van der Waals surface area contributed by atoms with E-state index in [2.05, 4.69) is 0 Å². The zero-order valence-electron chi connectivity index (χ0n) is 10.4.